The van der Waals surface area contributed by atoms with Crippen LogP contribution in [0.2, 0.25) is 0 Å². The number of hydrogen-bond acceptors (Lipinski definition) is 7. The molecule has 0 atom stereocenters. The first-order valence-corrected chi connectivity index (χ1v) is 17.9. The lowest BCUT2D eigenvalue weighted by atomic mass is 9.73. The first kappa shape index (κ1) is 33.8. The Hall–Kier alpha value is -5.33. The molecule has 0 saturated carbocycles. The molecule has 2 fully saturated rings. The third-order valence-electron chi connectivity index (χ3n) is 10.2. The summed E-state index contributed by atoms with van der Waals surface area (Å²) in [5.41, 5.74) is 2.35. The lowest BCUT2D eigenvalue weighted by molar-refractivity contribution is -0.000510. The second-order valence-electron chi connectivity index (χ2n) is 13.5. The summed E-state index contributed by atoms with van der Waals surface area (Å²) in [6.45, 7) is 3.26. The molecule has 0 bridgehead atoms. The molecule has 5 aromatic rings. The van der Waals surface area contributed by atoms with Crippen molar-refractivity contribution in [1.82, 2.24) is 4.98 Å². The molecule has 3 aromatic carbocycles. The third kappa shape index (κ3) is 6.26. The Morgan fingerprint density at radius 1 is 0.865 bits per heavy atom. The summed E-state index contributed by atoms with van der Waals surface area (Å²) in [5, 5.41) is 2.77. The highest BCUT2D eigenvalue weighted by Gasteiger charge is 2.45. The number of hydrogen-bond donors (Lipinski definition) is 1. The van der Waals surface area contributed by atoms with Gasteiger partial charge in [-0.15, -0.1) is 11.3 Å². The molecule has 8 rings (SSSR count). The number of amides is 2. The van der Waals surface area contributed by atoms with Gasteiger partial charge in [-0.05, 0) is 79.4 Å². The molecule has 1 N–H and O–H groups in total. The van der Waals surface area contributed by atoms with Crippen LogP contribution in [0.5, 0.6) is 0 Å². The minimum atomic E-state index is -0.789. The number of halogens is 3. The van der Waals surface area contributed by atoms with Crippen LogP contribution in [0.3, 0.4) is 0 Å². The monoisotopic (exact) mass is 722 g/mol. The molecule has 5 heterocycles. The molecule has 8 nitrogen and oxygen atoms in total. The largest absolute Gasteiger partial charge is 0.381 e. The lowest BCUT2D eigenvalue weighted by Gasteiger charge is -2.53. The van der Waals surface area contributed by atoms with E-state index in [1.165, 1.54) is 34.4 Å². The van der Waals surface area contributed by atoms with Gasteiger partial charge in [0, 0.05) is 72.6 Å². The van der Waals surface area contributed by atoms with Crippen LogP contribution in [0.25, 0.3) is 10.4 Å². The van der Waals surface area contributed by atoms with Crippen LogP contribution in [0.15, 0.2) is 85.1 Å². The van der Waals surface area contributed by atoms with Gasteiger partial charge in [0.1, 0.15) is 23.3 Å². The number of rotatable bonds is 7. The summed E-state index contributed by atoms with van der Waals surface area (Å²) >= 11 is 1.20. The van der Waals surface area contributed by atoms with Gasteiger partial charge in [-0.3, -0.25) is 14.4 Å². The van der Waals surface area contributed by atoms with Gasteiger partial charge >= 0.3 is 0 Å². The number of Topliss-reactive ketones (excluding diaryl/α,β-unsaturated/α-hetero) is 1. The smallest absolute Gasteiger partial charge is 0.261 e. The number of anilines is 3. The highest BCUT2D eigenvalue weighted by atomic mass is 32.1. The second-order valence-corrected chi connectivity index (χ2v) is 14.5. The second kappa shape index (κ2) is 13.7. The van der Waals surface area contributed by atoms with Gasteiger partial charge in [0.25, 0.3) is 11.8 Å². The van der Waals surface area contributed by atoms with Crippen molar-refractivity contribution in [3.05, 3.63) is 130 Å². The van der Waals surface area contributed by atoms with E-state index in [0.29, 0.717) is 33.9 Å². The van der Waals surface area contributed by atoms with Crippen molar-refractivity contribution in [2.75, 3.05) is 48.0 Å². The number of nitrogens with one attached hydrogen (secondary N) is 1. The normalized spacial score (nSPS) is 16.1. The number of ketones is 1. The molecule has 0 unspecified atom stereocenters. The Morgan fingerprint density at radius 2 is 1.63 bits per heavy atom. The Labute approximate surface area is 301 Å². The van der Waals surface area contributed by atoms with Crippen LogP contribution in [-0.4, -0.2) is 55.4 Å². The predicted molar refractivity (Wildman–Crippen MR) is 193 cm³/mol. The Bertz CT molecular complexity index is 2210. The van der Waals surface area contributed by atoms with Crippen LogP contribution >= 0.6 is 11.3 Å². The molecule has 52 heavy (non-hydrogen) atoms. The highest BCUT2D eigenvalue weighted by molar-refractivity contribution is 7.17. The fraction of sp³-hybridized carbons (Fsp3) is 0.250. The lowest BCUT2D eigenvalue weighted by Crippen LogP contribution is -2.59. The molecule has 0 radical (unpaired) electrons. The van der Waals surface area contributed by atoms with E-state index >= 15 is 4.39 Å². The zero-order chi connectivity index (χ0) is 36.0. The van der Waals surface area contributed by atoms with Gasteiger partial charge in [0.05, 0.1) is 21.7 Å². The molecule has 2 saturated heterocycles. The third-order valence-corrected chi connectivity index (χ3v) is 11.4. The average molecular weight is 723 g/mol. The first-order chi connectivity index (χ1) is 25.2. The van der Waals surface area contributed by atoms with E-state index in [1.54, 1.807) is 36.5 Å². The Morgan fingerprint density at radius 3 is 2.40 bits per heavy atom. The molecule has 3 aliphatic rings. The molecule has 12 heteroatoms. The van der Waals surface area contributed by atoms with Crippen molar-refractivity contribution in [2.24, 2.45) is 5.41 Å². The number of pyridine rings is 1. The number of fused-ring (bicyclic) bond motifs is 3. The van der Waals surface area contributed by atoms with Crippen molar-refractivity contribution in [3.63, 3.8) is 0 Å². The molecule has 264 valence electrons. The summed E-state index contributed by atoms with van der Waals surface area (Å²) in [7, 11) is 0. The van der Waals surface area contributed by atoms with Crippen LogP contribution in [0.4, 0.5) is 30.4 Å². The number of benzene rings is 3. The molecule has 2 amide bonds. The summed E-state index contributed by atoms with van der Waals surface area (Å²) in [5.74, 6) is -3.16. The van der Waals surface area contributed by atoms with E-state index in [-0.39, 0.29) is 28.8 Å². The predicted octanol–water partition coefficient (Wildman–Crippen LogP) is 7.72. The van der Waals surface area contributed by atoms with E-state index in [0.717, 1.165) is 67.8 Å². The fourth-order valence-electron chi connectivity index (χ4n) is 7.36. The van der Waals surface area contributed by atoms with Crippen molar-refractivity contribution < 1.29 is 32.3 Å². The van der Waals surface area contributed by atoms with Gasteiger partial charge < -0.3 is 19.9 Å². The standard InChI is InChI=1S/C40H33F3N4O4S/c41-30-7-3-8-31(42)29(30)21-34(48)35-19-24-12-16-47(33-9-2-1-5-27(33)36(24)52-35)39(50)26-11-10-25(20-32(26)43)45-38(49)28-6-4-15-44-37(28)46-22-40(23-46)13-17-51-18-14-40/h1-11,15,19-20H,12-14,16-18,21-23H2,(H,45,49). The number of nitrogens with zero attached hydrogens (tertiary/aromatic N) is 3. The van der Waals surface area contributed by atoms with Crippen molar-refractivity contribution in [3.8, 4) is 10.4 Å². The summed E-state index contributed by atoms with van der Waals surface area (Å²) < 4.78 is 49.8. The maximum Gasteiger partial charge on any atom is 0.261 e. The number of aromatic nitrogens is 1. The summed E-state index contributed by atoms with van der Waals surface area (Å²) in [4.78, 5) is 49.7. The van der Waals surface area contributed by atoms with Gasteiger partial charge in [0.2, 0.25) is 0 Å². The number of ether oxygens (including phenoxy) is 1. The SMILES string of the molecule is O=C(Cc1c(F)cccc1F)c1cc2c(s1)-c1ccccc1N(C(=O)c1ccc(NC(=O)c3cccnc3N3CC4(CCOCC4)C3)cc1F)CC2. The van der Waals surface area contributed by atoms with E-state index in [2.05, 4.69) is 15.2 Å². The van der Waals surface area contributed by atoms with Crippen LogP contribution < -0.4 is 15.1 Å². The fourth-order valence-corrected chi connectivity index (χ4v) is 8.55. The maximum atomic E-state index is 15.7. The number of carbonyl (C=O) groups is 3. The molecular formula is C40H33F3N4O4S. The van der Waals surface area contributed by atoms with E-state index in [4.69, 9.17) is 4.74 Å². The van der Waals surface area contributed by atoms with Crippen LogP contribution in [-0.2, 0) is 17.6 Å². The highest BCUT2D eigenvalue weighted by Crippen LogP contribution is 2.44. The molecule has 0 aliphatic carbocycles. The summed E-state index contributed by atoms with van der Waals surface area (Å²) in [6.07, 6.45) is 3.55. The first-order valence-electron chi connectivity index (χ1n) is 17.1. The maximum absolute atomic E-state index is 15.7. The molecule has 3 aliphatic heterocycles. The van der Waals surface area contributed by atoms with E-state index in [1.807, 2.05) is 12.1 Å². The van der Waals surface area contributed by atoms with Crippen molar-refractivity contribution in [2.45, 2.75) is 25.7 Å². The number of para-hydroxylation sites is 1. The zero-order valence-electron chi connectivity index (χ0n) is 28.0. The molecular weight excluding hydrogens is 690 g/mol. The minimum absolute atomic E-state index is 0.162. The topological polar surface area (TPSA) is 91.8 Å². The quantitative estimate of drug-likeness (QED) is 0.173. The van der Waals surface area contributed by atoms with E-state index in [9.17, 15) is 23.2 Å². The van der Waals surface area contributed by atoms with Crippen LogP contribution in [0.1, 0.15) is 54.4 Å². The van der Waals surface area contributed by atoms with Gasteiger partial charge in [-0.2, -0.15) is 0 Å². The van der Waals surface area contributed by atoms with Gasteiger partial charge in [0.15, 0.2) is 5.78 Å². The Kier molecular flexibility index (Phi) is 8.88. The van der Waals surface area contributed by atoms with Crippen LogP contribution in [0, 0.1) is 22.9 Å². The van der Waals surface area contributed by atoms with E-state index < -0.39 is 41.5 Å². The Balaban J connectivity index is 0.989. The molecule has 1 spiro atoms. The van der Waals surface area contributed by atoms with Gasteiger partial charge in [-0.1, -0.05) is 24.3 Å². The minimum Gasteiger partial charge on any atom is -0.381 e. The average Bonchev–Trinajstić information content (AvgIpc) is 3.50. The van der Waals surface area contributed by atoms with Crippen molar-refractivity contribution in [1.29, 1.82) is 0 Å². The van der Waals surface area contributed by atoms with Gasteiger partial charge in [-0.25, -0.2) is 18.2 Å². The molecule has 2 aromatic heterocycles. The summed E-state index contributed by atoms with van der Waals surface area (Å²) in [6, 6.07) is 19.8. The zero-order valence-corrected chi connectivity index (χ0v) is 28.8. The number of carbonyl (C=O) groups excluding carboxylic acids is 3. The van der Waals surface area contributed by atoms with Crippen molar-refractivity contribution >= 4 is 46.1 Å². The number of thiophene rings is 1.